The van der Waals surface area contributed by atoms with Crippen LogP contribution in [0.5, 0.6) is 0 Å². The van der Waals surface area contributed by atoms with Crippen LogP contribution in [0.15, 0.2) is 280 Å². The minimum absolute atomic E-state index is 0.557. The molecule has 18 aromatic rings. The first-order chi connectivity index (χ1) is 45.5. The molecule has 14 heteroatoms. The van der Waals surface area contributed by atoms with Gasteiger partial charge in [0.1, 0.15) is 36.7 Å². The average molecular weight is 1180 g/mol. The van der Waals surface area contributed by atoms with Crippen LogP contribution in [0.4, 0.5) is 0 Å². The first kappa shape index (κ1) is 53.3. The van der Waals surface area contributed by atoms with Gasteiger partial charge in [-0.25, -0.2) is 54.8 Å². The van der Waals surface area contributed by atoms with Crippen molar-refractivity contribution in [1.29, 1.82) is 0 Å². The SMILES string of the molecule is c1cnc2c(c1)ccc1c(-c3ccc(-c4ccc5cc(-c6ccc7ccc(-c8ncncn8)nc7c6)ccc5n4)cc3)ccnc12.c1cnc2c(c1)ccc1ccc(-c3ccc(-c4ccc5cc(-c6ccc7ccc(-c8ncncn8)nc7c6)ccc5n4)cc3)nc12. The third-order valence-corrected chi connectivity index (χ3v) is 16.8. The van der Waals surface area contributed by atoms with Crippen LogP contribution in [0.1, 0.15) is 0 Å². The summed E-state index contributed by atoms with van der Waals surface area (Å²) in [4.78, 5) is 63.3. The molecule has 0 saturated heterocycles. The zero-order valence-electron chi connectivity index (χ0n) is 48.8. The zero-order chi connectivity index (χ0) is 60.9. The first-order valence-electron chi connectivity index (χ1n) is 29.9. The molecule has 0 unspecified atom stereocenters. The van der Waals surface area contributed by atoms with Gasteiger partial charge in [-0.1, -0.05) is 152 Å². The number of rotatable bonds is 8. The van der Waals surface area contributed by atoms with Crippen LogP contribution in [0, 0.1) is 0 Å². The minimum atomic E-state index is 0.557. The monoisotopic (exact) mass is 1180 g/mol. The molecule has 0 amide bonds. The molecule has 0 spiro atoms. The van der Waals surface area contributed by atoms with E-state index in [1.807, 2.05) is 55.0 Å². The summed E-state index contributed by atoms with van der Waals surface area (Å²) in [5.74, 6) is 1.11. The third-order valence-electron chi connectivity index (χ3n) is 16.8. The summed E-state index contributed by atoms with van der Waals surface area (Å²) >= 11 is 0. The van der Waals surface area contributed by atoms with E-state index >= 15 is 0 Å². The van der Waals surface area contributed by atoms with Gasteiger partial charge in [-0.2, -0.15) is 0 Å². The summed E-state index contributed by atoms with van der Waals surface area (Å²) in [6.07, 6.45) is 11.4. The Morgan fingerprint density at radius 3 is 1.11 bits per heavy atom. The van der Waals surface area contributed by atoms with Crippen molar-refractivity contribution in [3.05, 3.63) is 280 Å². The maximum atomic E-state index is 5.01. The normalized spacial score (nSPS) is 11.5. The molecule has 10 heterocycles. The highest BCUT2D eigenvalue weighted by atomic mass is 15.0. The standard InChI is InChI=1S/2C39H23N7/c1-2-27-8-9-28-12-15-33(46-38(28)37(27)41-19-1)25-5-3-24(4-6-25)32-17-14-31-20-29(13-16-34(31)44-32)30-10-7-26-11-18-35(45-36(26)21-30)39-42-22-40-23-43-39;1-2-27-9-13-32-31(17-19-42-38(32)37(27)41-18-1)24-3-5-25(6-4-24)33-15-12-30-20-28(11-14-34(30)45-33)29-8-7-26-10-16-35(46-36(26)21-29)39-43-22-40-23-44-39/h2*1-23H. The summed E-state index contributed by atoms with van der Waals surface area (Å²) < 4.78 is 0. The molecule has 428 valence electrons. The second kappa shape index (κ2) is 22.6. The van der Waals surface area contributed by atoms with Crippen molar-refractivity contribution in [2.75, 3.05) is 0 Å². The number of fused-ring (bicyclic) bond motifs is 10. The second-order valence-corrected chi connectivity index (χ2v) is 22.3. The van der Waals surface area contributed by atoms with Crippen LogP contribution in [0.25, 0.3) is 177 Å². The Bertz CT molecular complexity index is 5850. The lowest BCUT2D eigenvalue weighted by Gasteiger charge is -2.10. The number of pyridine rings is 8. The number of hydrogen-bond acceptors (Lipinski definition) is 14. The van der Waals surface area contributed by atoms with Gasteiger partial charge in [-0.3, -0.25) is 15.0 Å². The van der Waals surface area contributed by atoms with Gasteiger partial charge >= 0.3 is 0 Å². The minimum Gasteiger partial charge on any atom is -0.254 e. The number of benzene rings is 8. The molecule has 0 aliphatic carbocycles. The van der Waals surface area contributed by atoms with Crippen molar-refractivity contribution < 1.29 is 0 Å². The molecule has 0 atom stereocenters. The molecule has 0 saturated carbocycles. The fourth-order valence-corrected chi connectivity index (χ4v) is 12.0. The molecule has 0 bridgehead atoms. The van der Waals surface area contributed by atoms with Crippen molar-refractivity contribution in [3.63, 3.8) is 0 Å². The van der Waals surface area contributed by atoms with Crippen molar-refractivity contribution >= 4 is 87.2 Å². The molecule has 18 rings (SSSR count). The van der Waals surface area contributed by atoms with E-state index in [1.165, 1.54) is 25.3 Å². The largest absolute Gasteiger partial charge is 0.254 e. The van der Waals surface area contributed by atoms with Crippen LogP contribution < -0.4 is 0 Å². The van der Waals surface area contributed by atoms with Gasteiger partial charge in [0.2, 0.25) is 0 Å². The molecule has 0 radical (unpaired) electrons. The average Bonchev–Trinajstić information content (AvgIpc) is 0.873. The maximum absolute atomic E-state index is 5.01. The predicted octanol–water partition coefficient (Wildman–Crippen LogP) is 17.5. The Balaban J connectivity index is 0.000000141. The fraction of sp³-hybridized carbons (Fsp3) is 0. The van der Waals surface area contributed by atoms with Crippen molar-refractivity contribution in [2.24, 2.45) is 0 Å². The molecule has 8 aromatic carbocycles. The lowest BCUT2D eigenvalue weighted by Crippen LogP contribution is -1.92. The van der Waals surface area contributed by atoms with Gasteiger partial charge in [0, 0.05) is 78.4 Å². The highest BCUT2D eigenvalue weighted by Gasteiger charge is 2.14. The van der Waals surface area contributed by atoms with E-state index in [-0.39, 0.29) is 0 Å². The van der Waals surface area contributed by atoms with Crippen LogP contribution in [-0.2, 0) is 0 Å². The molecule has 0 aliphatic rings. The van der Waals surface area contributed by atoms with Gasteiger partial charge in [0.15, 0.2) is 11.6 Å². The topological polar surface area (TPSA) is 180 Å². The summed E-state index contributed by atoms with van der Waals surface area (Å²) in [6, 6.07) is 81.6. The second-order valence-electron chi connectivity index (χ2n) is 22.3. The summed E-state index contributed by atoms with van der Waals surface area (Å²) in [6.45, 7) is 0. The quantitative estimate of drug-likeness (QED) is 0.131. The van der Waals surface area contributed by atoms with Crippen LogP contribution in [0.2, 0.25) is 0 Å². The molecule has 0 aliphatic heterocycles. The van der Waals surface area contributed by atoms with E-state index in [2.05, 4.69) is 245 Å². The molecule has 92 heavy (non-hydrogen) atoms. The Hall–Kier alpha value is -12.9. The van der Waals surface area contributed by atoms with E-state index in [1.54, 1.807) is 0 Å². The zero-order valence-corrected chi connectivity index (χ0v) is 48.8. The molecular weight excluding hydrogens is 1130 g/mol. The van der Waals surface area contributed by atoms with E-state index in [0.717, 1.165) is 166 Å². The summed E-state index contributed by atoms with van der Waals surface area (Å²) in [5.41, 5.74) is 21.3. The maximum Gasteiger partial charge on any atom is 0.181 e. The van der Waals surface area contributed by atoms with Crippen LogP contribution in [-0.4, -0.2) is 69.8 Å². The van der Waals surface area contributed by atoms with Gasteiger partial charge < -0.3 is 0 Å². The summed E-state index contributed by atoms with van der Waals surface area (Å²) in [7, 11) is 0. The molecule has 10 aromatic heterocycles. The Labute approximate surface area is 524 Å². The van der Waals surface area contributed by atoms with E-state index in [0.29, 0.717) is 11.6 Å². The highest BCUT2D eigenvalue weighted by molar-refractivity contribution is 6.08. The fourth-order valence-electron chi connectivity index (χ4n) is 12.0. The summed E-state index contributed by atoms with van der Waals surface area (Å²) in [5, 5.41) is 8.61. The Kier molecular flexibility index (Phi) is 13.1. The first-order valence-corrected chi connectivity index (χ1v) is 29.9. The van der Waals surface area contributed by atoms with Crippen molar-refractivity contribution in [2.45, 2.75) is 0 Å². The predicted molar refractivity (Wildman–Crippen MR) is 366 cm³/mol. The number of hydrogen-bond donors (Lipinski definition) is 0. The number of nitrogens with zero attached hydrogens (tertiary/aromatic N) is 14. The van der Waals surface area contributed by atoms with Crippen molar-refractivity contribution in [1.82, 2.24) is 69.8 Å². The van der Waals surface area contributed by atoms with Crippen LogP contribution >= 0.6 is 0 Å². The number of aromatic nitrogens is 14. The highest BCUT2D eigenvalue weighted by Crippen LogP contribution is 2.36. The lowest BCUT2D eigenvalue weighted by atomic mass is 9.98. The van der Waals surface area contributed by atoms with Gasteiger partial charge in [-0.05, 0) is 118 Å². The van der Waals surface area contributed by atoms with Crippen molar-refractivity contribution in [3.8, 4) is 90.2 Å². The molecule has 0 fully saturated rings. The third kappa shape index (κ3) is 10.1. The van der Waals surface area contributed by atoms with E-state index in [4.69, 9.17) is 24.9 Å². The van der Waals surface area contributed by atoms with E-state index < -0.39 is 0 Å². The Morgan fingerprint density at radius 2 is 0.576 bits per heavy atom. The lowest BCUT2D eigenvalue weighted by molar-refractivity contribution is 1.04. The van der Waals surface area contributed by atoms with Crippen LogP contribution in [0.3, 0.4) is 0 Å². The van der Waals surface area contributed by atoms with Gasteiger partial charge in [0.25, 0.3) is 0 Å². The molecular formula is C78H46N14. The van der Waals surface area contributed by atoms with E-state index in [9.17, 15) is 0 Å². The smallest absolute Gasteiger partial charge is 0.181 e. The van der Waals surface area contributed by atoms with Gasteiger partial charge in [0.05, 0.1) is 61.2 Å². The Morgan fingerprint density at radius 1 is 0.207 bits per heavy atom. The van der Waals surface area contributed by atoms with Gasteiger partial charge in [-0.15, -0.1) is 0 Å². The molecule has 14 nitrogen and oxygen atoms in total. The molecule has 0 N–H and O–H groups in total.